The van der Waals surface area contributed by atoms with E-state index in [1.807, 2.05) is 44.2 Å². The topological polar surface area (TPSA) is 74.8 Å². The van der Waals surface area contributed by atoms with E-state index >= 15 is 0 Å². The van der Waals surface area contributed by atoms with Crippen LogP contribution in [0.2, 0.25) is 0 Å². The first-order valence-corrected chi connectivity index (χ1v) is 14.9. The van der Waals surface area contributed by atoms with Gasteiger partial charge < -0.3 is 0 Å². The highest BCUT2D eigenvalue weighted by molar-refractivity contribution is 7.89. The van der Waals surface area contributed by atoms with E-state index in [1.54, 1.807) is 34.8 Å². The largest absolute Gasteiger partial charge is 0.273 e. The molecule has 8 heteroatoms. The zero-order valence-corrected chi connectivity index (χ0v) is 21.8. The van der Waals surface area contributed by atoms with Crippen molar-refractivity contribution in [3.63, 3.8) is 0 Å². The summed E-state index contributed by atoms with van der Waals surface area (Å²) in [6.45, 7) is 7.23. The van der Waals surface area contributed by atoms with Crippen LogP contribution >= 0.6 is 0 Å². The van der Waals surface area contributed by atoms with Gasteiger partial charge in [-0.1, -0.05) is 60.5 Å². The molecular formula is C27H30N2O4S2. The Morgan fingerprint density at radius 3 is 2.00 bits per heavy atom. The number of aryl methyl sites for hydroxylation is 2. The standard InChI is InChI=1S/C27H30N2O4S2/c1-20-6-10-23(11-7-20)34(30,31)28-16-15-25(3)26(18-28)14-4-5-22-17-29(19-27(22,25)26)35(32,33)24-12-8-21(2)9-13-24/h4-13,15-16,22H,14,17-19H2,1-3H3/t22?,25-,26+,27+/m0/s1. The second-order valence-corrected chi connectivity index (χ2v) is 14.6. The highest BCUT2D eigenvalue weighted by Crippen LogP contribution is 2.87. The van der Waals surface area contributed by atoms with Crippen molar-refractivity contribution < 1.29 is 16.8 Å². The molecule has 2 spiro atoms. The van der Waals surface area contributed by atoms with Crippen LogP contribution in [-0.4, -0.2) is 45.1 Å². The maximum Gasteiger partial charge on any atom is 0.263 e. The third-order valence-corrected chi connectivity index (χ3v) is 12.9. The first-order valence-electron chi connectivity index (χ1n) is 12.0. The van der Waals surface area contributed by atoms with Gasteiger partial charge in [-0.25, -0.2) is 16.8 Å². The van der Waals surface area contributed by atoms with E-state index in [0.29, 0.717) is 24.5 Å². The molecule has 1 saturated heterocycles. The summed E-state index contributed by atoms with van der Waals surface area (Å²) in [7, 11) is -7.34. The van der Waals surface area contributed by atoms with Gasteiger partial charge in [0.25, 0.3) is 10.0 Å². The summed E-state index contributed by atoms with van der Waals surface area (Å²) in [5, 5.41) is 0. The summed E-state index contributed by atoms with van der Waals surface area (Å²) in [5.74, 6) is 0.0492. The minimum absolute atomic E-state index is 0.0492. The van der Waals surface area contributed by atoms with Crippen molar-refractivity contribution in [2.75, 3.05) is 19.6 Å². The van der Waals surface area contributed by atoms with Crippen LogP contribution in [0.3, 0.4) is 0 Å². The van der Waals surface area contributed by atoms with Crippen LogP contribution in [0.5, 0.6) is 0 Å². The fourth-order valence-corrected chi connectivity index (χ4v) is 10.1. The van der Waals surface area contributed by atoms with Crippen LogP contribution in [0.1, 0.15) is 24.5 Å². The molecule has 2 aromatic carbocycles. The third-order valence-electron chi connectivity index (χ3n) is 9.29. The number of hydrogen-bond donors (Lipinski definition) is 0. The van der Waals surface area contributed by atoms with Gasteiger partial charge in [0.1, 0.15) is 0 Å². The van der Waals surface area contributed by atoms with Crippen molar-refractivity contribution in [2.45, 2.75) is 37.0 Å². The summed E-state index contributed by atoms with van der Waals surface area (Å²) in [4.78, 5) is 0.587. The van der Waals surface area contributed by atoms with E-state index < -0.39 is 20.0 Å². The second-order valence-electron chi connectivity index (χ2n) is 10.8. The molecule has 4 atom stereocenters. The first-order chi connectivity index (χ1) is 16.5. The lowest BCUT2D eigenvalue weighted by Gasteiger charge is -2.34. The molecule has 6 rings (SSSR count). The van der Waals surface area contributed by atoms with Crippen LogP contribution in [-0.2, 0) is 20.0 Å². The minimum Gasteiger partial charge on any atom is -0.273 e. The Kier molecular flexibility index (Phi) is 4.65. The van der Waals surface area contributed by atoms with Gasteiger partial charge in [-0.3, -0.25) is 4.31 Å². The van der Waals surface area contributed by atoms with E-state index in [-0.39, 0.29) is 27.1 Å². The van der Waals surface area contributed by atoms with Crippen molar-refractivity contribution in [1.82, 2.24) is 8.61 Å². The number of sulfonamides is 2. The summed E-state index contributed by atoms with van der Waals surface area (Å²) >= 11 is 0. The average Bonchev–Trinajstić information content (AvgIpc) is 3.08. The Morgan fingerprint density at radius 1 is 0.829 bits per heavy atom. The molecule has 2 aliphatic heterocycles. The van der Waals surface area contributed by atoms with Gasteiger partial charge in [-0.05, 0) is 50.5 Å². The molecule has 0 aromatic heterocycles. The molecule has 2 aromatic rings. The average molecular weight is 511 g/mol. The lowest BCUT2D eigenvalue weighted by Crippen LogP contribution is -2.38. The molecule has 1 unspecified atom stereocenters. The highest BCUT2D eigenvalue weighted by Gasteiger charge is 2.88. The van der Waals surface area contributed by atoms with Gasteiger partial charge in [0, 0.05) is 42.1 Å². The monoisotopic (exact) mass is 510 g/mol. The number of benzene rings is 2. The molecule has 0 N–H and O–H groups in total. The molecule has 0 bridgehead atoms. The predicted octanol–water partition coefficient (Wildman–Crippen LogP) is 4.09. The Hall–Kier alpha value is -2.42. The smallest absolute Gasteiger partial charge is 0.263 e. The fraction of sp³-hybridized carbons (Fsp3) is 0.407. The van der Waals surface area contributed by atoms with Gasteiger partial charge >= 0.3 is 0 Å². The number of nitrogens with zero attached hydrogens (tertiary/aromatic N) is 2. The second kappa shape index (κ2) is 7.08. The molecule has 2 fully saturated rings. The van der Waals surface area contributed by atoms with Gasteiger partial charge in [-0.2, -0.15) is 4.31 Å². The van der Waals surface area contributed by atoms with Gasteiger partial charge in [0.15, 0.2) is 0 Å². The quantitative estimate of drug-likeness (QED) is 0.581. The zero-order valence-electron chi connectivity index (χ0n) is 20.2. The highest BCUT2D eigenvalue weighted by atomic mass is 32.2. The molecular weight excluding hydrogens is 480 g/mol. The number of rotatable bonds is 4. The van der Waals surface area contributed by atoms with E-state index in [2.05, 4.69) is 19.1 Å². The molecule has 0 amide bonds. The summed E-state index contributed by atoms with van der Waals surface area (Å²) in [6, 6.07) is 13.9. The Bertz CT molecular complexity index is 1480. The molecule has 2 aliphatic carbocycles. The van der Waals surface area contributed by atoms with Gasteiger partial charge in [-0.15, -0.1) is 0 Å². The maximum atomic E-state index is 13.6. The summed E-state index contributed by atoms with van der Waals surface area (Å²) in [5.41, 5.74) is 1.10. The molecule has 6 nitrogen and oxygen atoms in total. The van der Waals surface area contributed by atoms with Crippen LogP contribution < -0.4 is 0 Å². The molecule has 2 heterocycles. The van der Waals surface area contributed by atoms with Crippen LogP contribution in [0.25, 0.3) is 0 Å². The van der Waals surface area contributed by atoms with Crippen LogP contribution in [0.4, 0.5) is 0 Å². The van der Waals surface area contributed by atoms with Crippen molar-refractivity contribution in [1.29, 1.82) is 0 Å². The van der Waals surface area contributed by atoms with E-state index in [0.717, 1.165) is 17.5 Å². The van der Waals surface area contributed by atoms with Gasteiger partial charge in [0.2, 0.25) is 10.0 Å². The Morgan fingerprint density at radius 2 is 1.40 bits per heavy atom. The molecule has 1 saturated carbocycles. The SMILES string of the molecule is Cc1ccc(S(=O)(=O)N2C=C[C@@]3(C)[C@@]4(CC=CC5CN(S(=O)(=O)c6ccc(C)cc6)C[C@@]534)C2)cc1. The Labute approximate surface area is 208 Å². The maximum absolute atomic E-state index is 13.6. The minimum atomic E-state index is -3.70. The van der Waals surface area contributed by atoms with E-state index in [1.165, 1.54) is 4.31 Å². The van der Waals surface area contributed by atoms with Crippen LogP contribution in [0, 0.1) is 36.0 Å². The first kappa shape index (κ1) is 23.0. The molecule has 4 aliphatic rings. The fourth-order valence-electron chi connectivity index (χ4n) is 7.25. The molecule has 35 heavy (non-hydrogen) atoms. The van der Waals surface area contributed by atoms with Crippen molar-refractivity contribution in [2.24, 2.45) is 22.2 Å². The number of hydrogen-bond acceptors (Lipinski definition) is 4. The Balaban J connectivity index is 1.36. The lowest BCUT2D eigenvalue weighted by atomic mass is 9.78. The molecule has 184 valence electrons. The third kappa shape index (κ3) is 2.79. The van der Waals surface area contributed by atoms with E-state index in [9.17, 15) is 16.8 Å². The predicted molar refractivity (Wildman–Crippen MR) is 134 cm³/mol. The zero-order chi connectivity index (χ0) is 24.9. The van der Waals surface area contributed by atoms with Crippen molar-refractivity contribution in [3.8, 4) is 0 Å². The molecule has 0 radical (unpaired) electrons. The number of allylic oxidation sites excluding steroid dienone is 2. The normalized spacial score (nSPS) is 33.8. The summed E-state index contributed by atoms with van der Waals surface area (Å²) in [6.07, 6.45) is 8.77. The lowest BCUT2D eigenvalue weighted by molar-refractivity contribution is 0.258. The van der Waals surface area contributed by atoms with Crippen LogP contribution in [0.15, 0.2) is 82.7 Å². The summed E-state index contributed by atoms with van der Waals surface area (Å²) < 4.78 is 57.3. The van der Waals surface area contributed by atoms with E-state index in [4.69, 9.17) is 0 Å². The van der Waals surface area contributed by atoms with Gasteiger partial charge in [0.05, 0.1) is 9.79 Å². The van der Waals surface area contributed by atoms with Crippen molar-refractivity contribution in [3.05, 3.63) is 84.1 Å². The van der Waals surface area contributed by atoms with Crippen molar-refractivity contribution >= 4 is 20.0 Å².